The highest BCUT2D eigenvalue weighted by atomic mass is 35.5. The van der Waals surface area contributed by atoms with Crippen molar-refractivity contribution in [3.05, 3.63) is 69.6 Å². The van der Waals surface area contributed by atoms with E-state index in [2.05, 4.69) is 0 Å². The Hall–Kier alpha value is -2.28. The molecule has 5 nitrogen and oxygen atoms in total. The van der Waals surface area contributed by atoms with Crippen LogP contribution in [0.25, 0.3) is 5.57 Å². The third-order valence-electron chi connectivity index (χ3n) is 4.23. The van der Waals surface area contributed by atoms with Crippen LogP contribution < -0.4 is 4.74 Å². The van der Waals surface area contributed by atoms with Crippen LogP contribution in [0.4, 0.5) is 0 Å². The minimum absolute atomic E-state index is 0.0419. The van der Waals surface area contributed by atoms with Crippen LogP contribution in [0.2, 0.25) is 5.02 Å². The zero-order chi connectivity index (χ0) is 21.0. The Bertz CT molecular complexity index is 923. The van der Waals surface area contributed by atoms with E-state index in [-0.39, 0.29) is 31.1 Å². The monoisotopic (exact) mass is 431 g/mol. The first-order chi connectivity index (χ1) is 13.9. The normalized spacial score (nSPS) is 14.3. The van der Waals surface area contributed by atoms with Gasteiger partial charge in [-0.15, -0.1) is 11.8 Å². The minimum atomic E-state index is -0.346. The number of thioether (sulfide) groups is 1. The van der Waals surface area contributed by atoms with Gasteiger partial charge in [-0.05, 0) is 49.2 Å². The highest BCUT2D eigenvalue weighted by molar-refractivity contribution is 8.04. The van der Waals surface area contributed by atoms with Gasteiger partial charge in [0.2, 0.25) is 0 Å². The number of hydrogen-bond donors (Lipinski definition) is 1. The maximum Gasteiger partial charge on any atom is 0.268 e. The van der Waals surface area contributed by atoms with Crippen LogP contribution in [0.1, 0.15) is 25.0 Å². The van der Waals surface area contributed by atoms with Crippen molar-refractivity contribution in [3.8, 4) is 5.75 Å². The molecule has 1 heterocycles. The average Bonchev–Trinajstić information content (AvgIpc) is 2.92. The van der Waals surface area contributed by atoms with Crippen molar-refractivity contribution in [2.24, 2.45) is 0 Å². The Morgan fingerprint density at radius 1 is 1.03 bits per heavy atom. The molecule has 0 fully saturated rings. The van der Waals surface area contributed by atoms with Gasteiger partial charge < -0.3 is 9.84 Å². The second kappa shape index (κ2) is 9.48. The van der Waals surface area contributed by atoms with Crippen molar-refractivity contribution in [3.63, 3.8) is 0 Å². The predicted molar refractivity (Wildman–Crippen MR) is 116 cm³/mol. The fourth-order valence-electron chi connectivity index (χ4n) is 2.98. The lowest BCUT2D eigenvalue weighted by Crippen LogP contribution is -2.30. The van der Waals surface area contributed by atoms with Crippen molar-refractivity contribution < 1.29 is 19.4 Å². The summed E-state index contributed by atoms with van der Waals surface area (Å²) in [4.78, 5) is 27.7. The Morgan fingerprint density at radius 2 is 1.69 bits per heavy atom. The fourth-order valence-corrected chi connectivity index (χ4v) is 3.98. The number of hydrogen-bond acceptors (Lipinski definition) is 5. The summed E-state index contributed by atoms with van der Waals surface area (Å²) in [6.07, 6.45) is 0.0419. The first-order valence-electron chi connectivity index (χ1n) is 9.26. The Kier molecular flexibility index (Phi) is 7.00. The molecule has 0 atom stereocenters. The molecule has 0 saturated heterocycles. The largest absolute Gasteiger partial charge is 0.491 e. The van der Waals surface area contributed by atoms with Gasteiger partial charge in [-0.2, -0.15) is 0 Å². The molecule has 29 heavy (non-hydrogen) atoms. The molecule has 0 aromatic heterocycles. The zero-order valence-electron chi connectivity index (χ0n) is 16.2. The molecule has 0 aliphatic carbocycles. The third kappa shape index (κ3) is 5.01. The summed E-state index contributed by atoms with van der Waals surface area (Å²) in [5, 5.41) is 9.79. The summed E-state index contributed by atoms with van der Waals surface area (Å²) in [7, 11) is 0. The lowest BCUT2D eigenvalue weighted by Gasteiger charge is -2.15. The second-order valence-corrected chi connectivity index (χ2v) is 8.33. The average molecular weight is 432 g/mol. The van der Waals surface area contributed by atoms with Crippen molar-refractivity contribution >= 4 is 40.8 Å². The van der Waals surface area contributed by atoms with Crippen LogP contribution in [-0.4, -0.2) is 40.3 Å². The maximum absolute atomic E-state index is 13.1. The molecule has 152 valence electrons. The number of halogens is 1. The summed E-state index contributed by atoms with van der Waals surface area (Å²) in [5.41, 5.74) is 1.82. The van der Waals surface area contributed by atoms with E-state index in [4.69, 9.17) is 16.3 Å². The molecule has 1 N–H and O–H groups in total. The first-order valence-corrected chi connectivity index (χ1v) is 10.6. The van der Waals surface area contributed by atoms with Crippen LogP contribution in [0.3, 0.4) is 0 Å². The molecule has 1 aliphatic rings. The number of rotatable bonds is 8. The molecule has 0 bridgehead atoms. The molecule has 2 amide bonds. The number of aliphatic hydroxyl groups excluding tert-OH is 1. The molecule has 0 spiro atoms. The van der Waals surface area contributed by atoms with Gasteiger partial charge in [0.1, 0.15) is 5.75 Å². The highest BCUT2D eigenvalue weighted by Gasteiger charge is 2.39. The van der Waals surface area contributed by atoms with Gasteiger partial charge in [-0.1, -0.05) is 35.9 Å². The van der Waals surface area contributed by atoms with Crippen molar-refractivity contribution in [1.82, 2.24) is 4.90 Å². The van der Waals surface area contributed by atoms with Gasteiger partial charge >= 0.3 is 0 Å². The van der Waals surface area contributed by atoms with E-state index >= 15 is 0 Å². The van der Waals surface area contributed by atoms with Crippen molar-refractivity contribution in [1.29, 1.82) is 0 Å². The summed E-state index contributed by atoms with van der Waals surface area (Å²) >= 11 is 7.12. The van der Waals surface area contributed by atoms with Crippen LogP contribution in [0.15, 0.2) is 53.4 Å². The minimum Gasteiger partial charge on any atom is -0.491 e. The molecule has 3 rings (SSSR count). The van der Waals surface area contributed by atoms with Crippen LogP contribution in [0.5, 0.6) is 5.75 Å². The van der Waals surface area contributed by atoms with Crippen LogP contribution >= 0.6 is 23.4 Å². The number of carbonyl (C=O) groups excluding carboxylic acids is 2. The molecular formula is C22H22ClNO4S. The lowest BCUT2D eigenvalue weighted by atomic mass is 10.1. The van der Waals surface area contributed by atoms with Gasteiger partial charge in [0.05, 0.1) is 29.7 Å². The number of carbonyl (C=O) groups is 2. The standard InChI is InChI=1S/C22H22ClNO4S/c1-14(2)28-18-9-5-16(6-10-18)19-20(29-12-11-25)22(27)24(21(19)26)13-15-3-7-17(23)8-4-15/h3-10,14,25H,11-13H2,1-2H3. The van der Waals surface area contributed by atoms with E-state index in [1.54, 1.807) is 48.5 Å². The predicted octanol–water partition coefficient (Wildman–Crippen LogP) is 4.13. The SMILES string of the molecule is CC(C)Oc1ccc(C2=C(SCCO)C(=O)N(Cc3ccc(Cl)cc3)C2=O)cc1. The lowest BCUT2D eigenvalue weighted by molar-refractivity contribution is -0.137. The van der Waals surface area contributed by atoms with Crippen LogP contribution in [0, 0.1) is 0 Å². The molecule has 0 saturated carbocycles. The van der Waals surface area contributed by atoms with Gasteiger partial charge in [0.15, 0.2) is 0 Å². The smallest absolute Gasteiger partial charge is 0.268 e. The summed E-state index contributed by atoms with van der Waals surface area (Å²) in [6.45, 7) is 3.96. The van der Waals surface area contributed by atoms with Crippen molar-refractivity contribution in [2.75, 3.05) is 12.4 Å². The Labute approximate surface area is 179 Å². The van der Waals surface area contributed by atoms with E-state index in [9.17, 15) is 14.7 Å². The number of ether oxygens (including phenoxy) is 1. The van der Waals surface area contributed by atoms with E-state index in [1.165, 1.54) is 16.7 Å². The number of benzene rings is 2. The Balaban J connectivity index is 1.90. The number of nitrogens with zero attached hydrogens (tertiary/aromatic N) is 1. The van der Waals surface area contributed by atoms with Gasteiger partial charge in [-0.25, -0.2) is 0 Å². The number of imide groups is 1. The second-order valence-electron chi connectivity index (χ2n) is 6.79. The summed E-state index contributed by atoms with van der Waals surface area (Å²) in [5.74, 6) is 0.341. The number of amides is 2. The summed E-state index contributed by atoms with van der Waals surface area (Å²) < 4.78 is 5.65. The highest BCUT2D eigenvalue weighted by Crippen LogP contribution is 2.37. The zero-order valence-corrected chi connectivity index (χ0v) is 17.8. The van der Waals surface area contributed by atoms with Crippen LogP contribution in [-0.2, 0) is 16.1 Å². The van der Waals surface area contributed by atoms with Gasteiger partial charge in [-0.3, -0.25) is 14.5 Å². The topological polar surface area (TPSA) is 66.8 Å². The third-order valence-corrected chi connectivity index (χ3v) is 5.54. The molecule has 0 unspecified atom stereocenters. The maximum atomic E-state index is 13.1. The number of aliphatic hydroxyl groups is 1. The summed E-state index contributed by atoms with van der Waals surface area (Å²) in [6, 6.07) is 14.2. The molecule has 2 aromatic rings. The molecule has 0 radical (unpaired) electrons. The van der Waals surface area contributed by atoms with Gasteiger partial charge in [0.25, 0.3) is 11.8 Å². The first kappa shape index (κ1) is 21.4. The molecule has 7 heteroatoms. The van der Waals surface area contributed by atoms with E-state index < -0.39 is 0 Å². The fraction of sp³-hybridized carbons (Fsp3) is 0.273. The molecular weight excluding hydrogens is 410 g/mol. The molecule has 2 aromatic carbocycles. The molecule has 1 aliphatic heterocycles. The Morgan fingerprint density at radius 3 is 2.28 bits per heavy atom. The van der Waals surface area contributed by atoms with E-state index in [0.29, 0.717) is 32.6 Å². The van der Waals surface area contributed by atoms with Gasteiger partial charge in [0, 0.05) is 10.8 Å². The van der Waals surface area contributed by atoms with Crippen molar-refractivity contribution in [2.45, 2.75) is 26.5 Å². The van der Waals surface area contributed by atoms with E-state index in [0.717, 1.165) is 5.56 Å². The quantitative estimate of drug-likeness (QED) is 0.636. The van der Waals surface area contributed by atoms with E-state index in [1.807, 2.05) is 13.8 Å².